The largest absolute Gasteiger partial charge is 0.475 e. The summed E-state index contributed by atoms with van der Waals surface area (Å²) in [7, 11) is 0. The zero-order valence-corrected chi connectivity index (χ0v) is 16.7. The molecule has 0 saturated carbocycles. The lowest BCUT2D eigenvalue weighted by atomic mass is 10.1. The summed E-state index contributed by atoms with van der Waals surface area (Å²) in [5.74, 6) is 0.0292. The number of ether oxygens (including phenoxy) is 1. The second-order valence-corrected chi connectivity index (χ2v) is 7.26. The van der Waals surface area contributed by atoms with Crippen molar-refractivity contribution in [1.82, 2.24) is 4.90 Å². The molecule has 0 aromatic heterocycles. The molecule has 2 amide bonds. The van der Waals surface area contributed by atoms with E-state index < -0.39 is 6.10 Å². The number of para-hydroxylation sites is 2. The topological polar surface area (TPSA) is 58.6 Å². The van der Waals surface area contributed by atoms with Crippen LogP contribution in [0.25, 0.3) is 0 Å². The van der Waals surface area contributed by atoms with E-state index in [4.69, 9.17) is 4.74 Å². The Morgan fingerprint density at radius 3 is 2.10 bits per heavy atom. The van der Waals surface area contributed by atoms with Gasteiger partial charge in [0.25, 0.3) is 11.8 Å². The van der Waals surface area contributed by atoms with Crippen LogP contribution in [-0.4, -0.2) is 29.8 Å². The molecule has 1 fully saturated rings. The van der Waals surface area contributed by atoms with Crippen LogP contribution in [0, 0.1) is 0 Å². The van der Waals surface area contributed by atoms with Crippen molar-refractivity contribution in [3.8, 4) is 5.75 Å². The number of carbonyl (C=O) groups is 2. The summed E-state index contributed by atoms with van der Waals surface area (Å²) < 4.78 is 6.21. The minimum absolute atomic E-state index is 0.0722. The van der Waals surface area contributed by atoms with Crippen LogP contribution in [0.3, 0.4) is 0 Å². The molecule has 0 spiro atoms. The van der Waals surface area contributed by atoms with Gasteiger partial charge in [0, 0.05) is 24.3 Å². The van der Waals surface area contributed by atoms with Gasteiger partial charge in [-0.25, -0.2) is 0 Å². The van der Waals surface area contributed by atoms with Gasteiger partial charge in [-0.3, -0.25) is 9.59 Å². The molecule has 1 atom stereocenters. The fourth-order valence-electron chi connectivity index (χ4n) is 3.60. The van der Waals surface area contributed by atoms with Crippen molar-refractivity contribution in [3.05, 3.63) is 96.1 Å². The molecule has 1 unspecified atom stereocenters. The second-order valence-electron chi connectivity index (χ2n) is 7.26. The number of nitrogens with one attached hydrogen (secondary N) is 1. The van der Waals surface area contributed by atoms with Gasteiger partial charge in [-0.2, -0.15) is 0 Å². The highest BCUT2D eigenvalue weighted by atomic mass is 16.5. The number of carbonyl (C=O) groups excluding carboxylic acids is 2. The number of rotatable bonds is 6. The Labute approximate surface area is 176 Å². The van der Waals surface area contributed by atoms with Crippen LogP contribution in [0.1, 0.15) is 34.9 Å². The Morgan fingerprint density at radius 2 is 1.40 bits per heavy atom. The van der Waals surface area contributed by atoms with E-state index in [0.717, 1.165) is 31.5 Å². The average molecular weight is 400 g/mol. The monoisotopic (exact) mass is 400 g/mol. The molecule has 1 saturated heterocycles. The minimum atomic E-state index is -0.796. The van der Waals surface area contributed by atoms with Crippen molar-refractivity contribution in [2.75, 3.05) is 18.4 Å². The third-order valence-corrected chi connectivity index (χ3v) is 5.15. The lowest BCUT2D eigenvalue weighted by Gasteiger charge is -2.25. The highest BCUT2D eigenvalue weighted by Crippen LogP contribution is 2.28. The van der Waals surface area contributed by atoms with E-state index in [0.29, 0.717) is 17.0 Å². The first-order valence-corrected chi connectivity index (χ1v) is 10.2. The number of hydrogen-bond acceptors (Lipinski definition) is 3. The van der Waals surface area contributed by atoms with Crippen molar-refractivity contribution < 1.29 is 14.3 Å². The summed E-state index contributed by atoms with van der Waals surface area (Å²) in [6.45, 7) is 1.48. The number of hydrogen-bond donors (Lipinski definition) is 1. The van der Waals surface area contributed by atoms with Gasteiger partial charge in [0.2, 0.25) is 6.10 Å². The maximum atomic E-state index is 13.2. The summed E-state index contributed by atoms with van der Waals surface area (Å²) >= 11 is 0. The van der Waals surface area contributed by atoms with E-state index in [1.165, 1.54) is 0 Å². The first-order chi connectivity index (χ1) is 14.7. The van der Waals surface area contributed by atoms with E-state index in [-0.39, 0.29) is 11.8 Å². The van der Waals surface area contributed by atoms with Gasteiger partial charge in [0.05, 0.1) is 5.56 Å². The standard InChI is InChI=1S/C25H24N2O3/c28-24(26-20-13-5-2-6-14-20)21-15-7-8-16-22(21)30-23(19-11-3-1-4-12-19)25(29)27-17-9-10-18-27/h1-8,11-16,23H,9-10,17-18H2,(H,26,28). The van der Waals surface area contributed by atoms with Gasteiger partial charge in [0.1, 0.15) is 5.75 Å². The molecule has 5 nitrogen and oxygen atoms in total. The van der Waals surface area contributed by atoms with Crippen molar-refractivity contribution >= 4 is 17.5 Å². The molecule has 30 heavy (non-hydrogen) atoms. The van der Waals surface area contributed by atoms with Crippen LogP contribution in [0.2, 0.25) is 0 Å². The predicted octanol–water partition coefficient (Wildman–Crippen LogP) is 4.68. The minimum Gasteiger partial charge on any atom is -0.475 e. The molecule has 0 aliphatic carbocycles. The zero-order chi connectivity index (χ0) is 20.8. The average Bonchev–Trinajstić information content (AvgIpc) is 3.33. The smallest absolute Gasteiger partial charge is 0.268 e. The molecule has 1 aliphatic rings. The lowest BCUT2D eigenvalue weighted by molar-refractivity contribution is -0.138. The predicted molar refractivity (Wildman–Crippen MR) is 116 cm³/mol. The number of benzene rings is 3. The number of amides is 2. The first kappa shape index (κ1) is 19.7. The van der Waals surface area contributed by atoms with Crippen LogP contribution in [-0.2, 0) is 4.79 Å². The van der Waals surface area contributed by atoms with Gasteiger partial charge < -0.3 is 15.0 Å². The second kappa shape index (κ2) is 9.27. The summed E-state index contributed by atoms with van der Waals surface area (Å²) in [6, 6.07) is 25.7. The fourth-order valence-corrected chi connectivity index (χ4v) is 3.60. The molecular weight excluding hydrogens is 376 g/mol. The van der Waals surface area contributed by atoms with E-state index in [2.05, 4.69) is 5.32 Å². The highest BCUT2D eigenvalue weighted by molar-refractivity contribution is 6.06. The number of likely N-dealkylation sites (tertiary alicyclic amines) is 1. The van der Waals surface area contributed by atoms with Crippen LogP contribution in [0.5, 0.6) is 5.75 Å². The van der Waals surface area contributed by atoms with Gasteiger partial charge in [-0.1, -0.05) is 60.7 Å². The maximum absolute atomic E-state index is 13.2. The van der Waals surface area contributed by atoms with E-state index in [9.17, 15) is 9.59 Å². The van der Waals surface area contributed by atoms with Crippen LogP contribution >= 0.6 is 0 Å². The van der Waals surface area contributed by atoms with Crippen LogP contribution in [0.15, 0.2) is 84.9 Å². The van der Waals surface area contributed by atoms with Crippen molar-refractivity contribution in [3.63, 3.8) is 0 Å². The Morgan fingerprint density at radius 1 is 0.800 bits per heavy atom. The summed E-state index contributed by atoms with van der Waals surface area (Å²) in [4.78, 5) is 28.0. The quantitative estimate of drug-likeness (QED) is 0.654. The Kier molecular flexibility index (Phi) is 6.09. The van der Waals surface area contributed by atoms with Crippen molar-refractivity contribution in [2.45, 2.75) is 18.9 Å². The molecule has 4 rings (SSSR count). The van der Waals surface area contributed by atoms with Gasteiger partial charge in [-0.05, 0) is 37.1 Å². The Balaban J connectivity index is 1.61. The van der Waals surface area contributed by atoms with Gasteiger partial charge in [0.15, 0.2) is 0 Å². The summed E-state index contributed by atoms with van der Waals surface area (Å²) in [6.07, 6.45) is 1.21. The summed E-state index contributed by atoms with van der Waals surface area (Å²) in [5, 5.41) is 2.88. The molecule has 0 bridgehead atoms. The van der Waals surface area contributed by atoms with E-state index in [1.807, 2.05) is 65.6 Å². The molecular formula is C25H24N2O3. The summed E-state index contributed by atoms with van der Waals surface area (Å²) in [5.41, 5.74) is 1.86. The maximum Gasteiger partial charge on any atom is 0.268 e. The van der Waals surface area contributed by atoms with Gasteiger partial charge >= 0.3 is 0 Å². The van der Waals surface area contributed by atoms with Crippen LogP contribution < -0.4 is 10.1 Å². The molecule has 1 N–H and O–H groups in total. The van der Waals surface area contributed by atoms with E-state index >= 15 is 0 Å². The molecule has 3 aromatic rings. The van der Waals surface area contributed by atoms with E-state index in [1.54, 1.807) is 24.3 Å². The molecule has 5 heteroatoms. The SMILES string of the molecule is O=C(Nc1ccccc1)c1ccccc1OC(C(=O)N1CCCC1)c1ccccc1. The normalized spacial score (nSPS) is 14.2. The third-order valence-electron chi connectivity index (χ3n) is 5.15. The van der Waals surface area contributed by atoms with Gasteiger partial charge in [-0.15, -0.1) is 0 Å². The number of nitrogens with zero attached hydrogens (tertiary/aromatic N) is 1. The Hall–Kier alpha value is -3.60. The Bertz CT molecular complexity index is 999. The molecule has 0 radical (unpaired) electrons. The zero-order valence-electron chi connectivity index (χ0n) is 16.7. The molecule has 152 valence electrons. The fraction of sp³-hybridized carbons (Fsp3) is 0.200. The molecule has 1 aliphatic heterocycles. The molecule has 3 aromatic carbocycles. The molecule has 1 heterocycles. The van der Waals surface area contributed by atoms with Crippen molar-refractivity contribution in [1.29, 1.82) is 0 Å². The third kappa shape index (κ3) is 4.51. The highest BCUT2D eigenvalue weighted by Gasteiger charge is 2.30. The van der Waals surface area contributed by atoms with Crippen molar-refractivity contribution in [2.24, 2.45) is 0 Å². The number of anilines is 1. The first-order valence-electron chi connectivity index (χ1n) is 10.2. The lowest BCUT2D eigenvalue weighted by Crippen LogP contribution is -2.35. The van der Waals surface area contributed by atoms with Crippen LogP contribution in [0.4, 0.5) is 5.69 Å².